The lowest BCUT2D eigenvalue weighted by Gasteiger charge is -2.58. The molecule has 0 amide bonds. The Morgan fingerprint density at radius 3 is 2.77 bits per heavy atom. The second-order valence-electron chi connectivity index (χ2n) is 9.63. The summed E-state index contributed by atoms with van der Waals surface area (Å²) >= 11 is 0. The van der Waals surface area contributed by atoms with E-state index in [9.17, 15) is 5.26 Å². The third kappa shape index (κ3) is 1.95. The molecule has 0 heterocycles. The molecule has 3 fully saturated rings. The zero-order valence-electron chi connectivity index (χ0n) is 14.6. The Labute approximate surface area is 136 Å². The molecule has 0 aromatic heterocycles. The number of nitriles is 1. The number of rotatable bonds is 0. The molecular weight excluding hydrogens is 266 g/mol. The van der Waals surface area contributed by atoms with Crippen LogP contribution in [-0.4, -0.2) is 0 Å². The van der Waals surface area contributed by atoms with Crippen LogP contribution in [0.3, 0.4) is 0 Å². The standard InChI is InChI=1S/C21H31N/c1-14-4-5-16-10-18-15(12-20(16,2)11-14)8-9-21(3)17(13-22)6-7-19(18)21/h6,14-16,18-19H,4-5,7-12H2,1-3H3/t14?,15-,16+,18-,19+,20?,21-/m0/s1. The lowest BCUT2D eigenvalue weighted by molar-refractivity contribution is -0.0742. The van der Waals surface area contributed by atoms with Crippen molar-refractivity contribution in [2.45, 2.75) is 72.1 Å². The third-order valence-electron chi connectivity index (χ3n) is 8.38. The summed E-state index contributed by atoms with van der Waals surface area (Å²) in [6.07, 6.45) is 13.4. The number of nitrogens with zero attached hydrogens (tertiary/aromatic N) is 1. The van der Waals surface area contributed by atoms with Crippen molar-refractivity contribution in [2.24, 2.45) is 40.4 Å². The summed E-state index contributed by atoms with van der Waals surface area (Å²) in [5, 5.41) is 9.51. The van der Waals surface area contributed by atoms with Crippen molar-refractivity contribution in [1.29, 1.82) is 5.26 Å². The van der Waals surface area contributed by atoms with Gasteiger partial charge in [-0.3, -0.25) is 0 Å². The van der Waals surface area contributed by atoms with E-state index in [2.05, 4.69) is 32.9 Å². The number of fused-ring (bicyclic) bond motifs is 4. The van der Waals surface area contributed by atoms with Gasteiger partial charge in [-0.2, -0.15) is 5.26 Å². The summed E-state index contributed by atoms with van der Waals surface area (Å²) in [5.41, 5.74) is 1.95. The van der Waals surface area contributed by atoms with Crippen molar-refractivity contribution in [1.82, 2.24) is 0 Å². The number of hydrogen-bond acceptors (Lipinski definition) is 1. The summed E-state index contributed by atoms with van der Waals surface area (Å²) in [6.45, 7) is 7.46. The Balaban J connectivity index is 1.59. The fourth-order valence-corrected chi connectivity index (χ4v) is 7.20. The summed E-state index contributed by atoms with van der Waals surface area (Å²) in [4.78, 5) is 0. The fraction of sp³-hybridized carbons (Fsp3) is 0.857. The Morgan fingerprint density at radius 1 is 1.18 bits per heavy atom. The van der Waals surface area contributed by atoms with Crippen LogP contribution >= 0.6 is 0 Å². The minimum absolute atomic E-state index is 0.214. The van der Waals surface area contributed by atoms with Gasteiger partial charge in [-0.15, -0.1) is 0 Å². The van der Waals surface area contributed by atoms with Gasteiger partial charge in [0.25, 0.3) is 0 Å². The molecule has 0 spiro atoms. The van der Waals surface area contributed by atoms with Crippen molar-refractivity contribution < 1.29 is 0 Å². The number of allylic oxidation sites excluding steroid dienone is 2. The second-order valence-corrected chi connectivity index (χ2v) is 9.63. The van der Waals surface area contributed by atoms with Gasteiger partial charge < -0.3 is 0 Å². The first-order valence-corrected chi connectivity index (χ1v) is 9.57. The normalized spacial score (nSPS) is 53.7. The van der Waals surface area contributed by atoms with Crippen LogP contribution in [0.2, 0.25) is 0 Å². The average Bonchev–Trinajstić information content (AvgIpc) is 2.81. The van der Waals surface area contributed by atoms with E-state index in [0.717, 1.165) is 35.2 Å². The van der Waals surface area contributed by atoms with Gasteiger partial charge in [0, 0.05) is 11.0 Å². The van der Waals surface area contributed by atoms with Crippen LogP contribution < -0.4 is 0 Å². The molecular formula is C21H31N. The van der Waals surface area contributed by atoms with E-state index in [1.807, 2.05) is 0 Å². The van der Waals surface area contributed by atoms with Crippen molar-refractivity contribution in [3.63, 3.8) is 0 Å². The monoisotopic (exact) mass is 297 g/mol. The highest BCUT2D eigenvalue weighted by Crippen LogP contribution is 2.64. The fourth-order valence-electron chi connectivity index (χ4n) is 7.20. The largest absolute Gasteiger partial charge is 0.193 e. The first-order chi connectivity index (χ1) is 10.5. The molecule has 22 heavy (non-hydrogen) atoms. The van der Waals surface area contributed by atoms with Gasteiger partial charge in [0.2, 0.25) is 0 Å². The van der Waals surface area contributed by atoms with Gasteiger partial charge in [-0.25, -0.2) is 0 Å². The predicted molar refractivity (Wildman–Crippen MR) is 90.0 cm³/mol. The maximum absolute atomic E-state index is 9.51. The number of hydrogen-bond donors (Lipinski definition) is 0. The van der Waals surface area contributed by atoms with Crippen LogP contribution in [0.1, 0.15) is 72.1 Å². The Morgan fingerprint density at radius 2 is 2.00 bits per heavy atom. The van der Waals surface area contributed by atoms with E-state index in [1.165, 1.54) is 51.4 Å². The molecule has 0 bridgehead atoms. The van der Waals surface area contributed by atoms with Crippen LogP contribution in [0.15, 0.2) is 11.6 Å². The predicted octanol–water partition coefficient (Wildman–Crippen LogP) is 5.73. The minimum Gasteiger partial charge on any atom is -0.193 e. The molecule has 1 heteroatoms. The van der Waals surface area contributed by atoms with Crippen molar-refractivity contribution >= 4 is 0 Å². The molecule has 4 aliphatic rings. The zero-order valence-corrected chi connectivity index (χ0v) is 14.6. The molecule has 0 N–H and O–H groups in total. The van der Waals surface area contributed by atoms with Crippen LogP contribution in [0, 0.1) is 51.8 Å². The summed E-state index contributed by atoms with van der Waals surface area (Å²) in [7, 11) is 0. The molecule has 4 rings (SSSR count). The maximum Gasteiger partial charge on any atom is 0.0949 e. The first-order valence-electron chi connectivity index (χ1n) is 9.57. The lowest BCUT2D eigenvalue weighted by atomic mass is 9.47. The van der Waals surface area contributed by atoms with Gasteiger partial charge >= 0.3 is 0 Å². The Hall–Kier alpha value is -0.770. The third-order valence-corrected chi connectivity index (χ3v) is 8.38. The van der Waals surface area contributed by atoms with Gasteiger partial charge in [-0.05, 0) is 80.0 Å². The molecule has 7 atom stereocenters. The molecule has 2 unspecified atom stereocenters. The summed E-state index contributed by atoms with van der Waals surface area (Å²) < 4.78 is 0. The zero-order chi connectivity index (χ0) is 15.5. The minimum atomic E-state index is 0.214. The van der Waals surface area contributed by atoms with Gasteiger partial charge in [-0.1, -0.05) is 33.3 Å². The quantitative estimate of drug-likeness (QED) is 0.560. The molecule has 1 nitrogen and oxygen atoms in total. The summed E-state index contributed by atoms with van der Waals surface area (Å²) in [6, 6.07) is 2.53. The van der Waals surface area contributed by atoms with Crippen molar-refractivity contribution in [2.75, 3.05) is 0 Å². The lowest BCUT2D eigenvalue weighted by Crippen LogP contribution is -2.49. The van der Waals surface area contributed by atoms with Gasteiger partial charge in [0.05, 0.1) is 6.07 Å². The highest BCUT2D eigenvalue weighted by Gasteiger charge is 2.56. The Bertz CT molecular complexity index is 541. The van der Waals surface area contributed by atoms with E-state index in [-0.39, 0.29) is 5.41 Å². The second kappa shape index (κ2) is 4.86. The highest BCUT2D eigenvalue weighted by molar-refractivity contribution is 5.35. The van der Waals surface area contributed by atoms with E-state index in [1.54, 1.807) is 0 Å². The average molecular weight is 297 g/mol. The van der Waals surface area contributed by atoms with E-state index in [0.29, 0.717) is 5.41 Å². The van der Waals surface area contributed by atoms with Gasteiger partial charge in [0.15, 0.2) is 0 Å². The highest BCUT2D eigenvalue weighted by atomic mass is 14.6. The first kappa shape index (κ1) is 14.8. The molecule has 0 aromatic rings. The van der Waals surface area contributed by atoms with E-state index < -0.39 is 0 Å². The van der Waals surface area contributed by atoms with E-state index >= 15 is 0 Å². The smallest absolute Gasteiger partial charge is 0.0949 e. The maximum atomic E-state index is 9.51. The van der Waals surface area contributed by atoms with Gasteiger partial charge in [0.1, 0.15) is 0 Å². The molecule has 0 saturated heterocycles. The topological polar surface area (TPSA) is 23.8 Å². The van der Waals surface area contributed by atoms with Crippen LogP contribution in [-0.2, 0) is 0 Å². The molecule has 3 saturated carbocycles. The van der Waals surface area contributed by atoms with Crippen molar-refractivity contribution in [3.8, 4) is 6.07 Å². The Kier molecular flexibility index (Phi) is 3.27. The molecule has 0 aromatic carbocycles. The van der Waals surface area contributed by atoms with Crippen LogP contribution in [0.25, 0.3) is 0 Å². The summed E-state index contributed by atoms with van der Waals surface area (Å²) in [5.74, 6) is 4.50. The molecule has 120 valence electrons. The van der Waals surface area contributed by atoms with Crippen LogP contribution in [0.5, 0.6) is 0 Å². The molecule has 4 aliphatic carbocycles. The van der Waals surface area contributed by atoms with Crippen molar-refractivity contribution in [3.05, 3.63) is 11.6 Å². The van der Waals surface area contributed by atoms with Crippen LogP contribution in [0.4, 0.5) is 0 Å². The SMILES string of the molecule is CC1CC[C@@H]2C[C@H]3[C@@H](CC[C@@]4(C)C(C#N)=CC[C@H]34)CC2(C)C1. The molecule has 0 aliphatic heterocycles. The molecule has 0 radical (unpaired) electrons. The van der Waals surface area contributed by atoms with E-state index in [4.69, 9.17) is 0 Å².